The number of hydrogen-bond donors (Lipinski definition) is 1. The van der Waals surface area contributed by atoms with Crippen LogP contribution in [0.15, 0.2) is 17.0 Å². The van der Waals surface area contributed by atoms with Gasteiger partial charge in [0.2, 0.25) is 0 Å². The average molecular weight is 463 g/mol. The predicted octanol–water partition coefficient (Wildman–Crippen LogP) is 3.28. The molecule has 122 valence electrons. The first-order valence-electron chi connectivity index (χ1n) is 6.64. The summed E-state index contributed by atoms with van der Waals surface area (Å²) in [6.45, 7) is 2.06. The minimum Gasteiger partial charge on any atom is -0.496 e. The smallest absolute Gasteiger partial charge is 0.305 e. The zero-order chi connectivity index (χ0) is 17.1. The van der Waals surface area contributed by atoms with Crippen molar-refractivity contribution in [1.29, 1.82) is 0 Å². The Morgan fingerprint density at radius 3 is 2.83 bits per heavy atom. The van der Waals surface area contributed by atoms with Gasteiger partial charge in [-0.3, -0.25) is 14.5 Å². The Morgan fingerprint density at radius 2 is 2.22 bits per heavy atom. The van der Waals surface area contributed by atoms with Gasteiger partial charge in [-0.05, 0) is 53.3 Å². The maximum Gasteiger partial charge on any atom is 0.305 e. The number of carboxylic acid groups (broad SMARTS) is 1. The maximum atomic E-state index is 12.4. The van der Waals surface area contributed by atoms with Crippen molar-refractivity contribution in [2.75, 3.05) is 13.7 Å². The first-order chi connectivity index (χ1) is 10.8. The summed E-state index contributed by atoms with van der Waals surface area (Å²) in [7, 11) is 1.60. The molecule has 1 N–H and O–H groups in total. The minimum atomic E-state index is -0.958. The summed E-state index contributed by atoms with van der Waals surface area (Å²) in [5.41, 5.74) is 1.88. The molecule has 0 aromatic heterocycles. The Hall–Kier alpha value is -1.13. The SMILES string of the molecule is COc1cc(C=C2SC(=S)N(CCC(=O)O)C2=O)cc(I)c1C. The van der Waals surface area contributed by atoms with E-state index in [9.17, 15) is 9.59 Å². The number of ether oxygens (including phenoxy) is 1. The predicted molar refractivity (Wildman–Crippen MR) is 103 cm³/mol. The number of carbonyl (C=O) groups is 2. The summed E-state index contributed by atoms with van der Waals surface area (Å²) in [6, 6.07) is 3.82. The van der Waals surface area contributed by atoms with Crippen molar-refractivity contribution in [3.63, 3.8) is 0 Å². The van der Waals surface area contributed by atoms with Crippen LogP contribution in [-0.4, -0.2) is 39.9 Å². The molecule has 0 saturated carbocycles. The number of nitrogens with zero attached hydrogens (tertiary/aromatic N) is 1. The Labute approximate surface area is 157 Å². The molecule has 0 atom stereocenters. The molecule has 23 heavy (non-hydrogen) atoms. The van der Waals surface area contributed by atoms with Gasteiger partial charge >= 0.3 is 5.97 Å². The molecule has 1 aliphatic heterocycles. The highest BCUT2D eigenvalue weighted by Crippen LogP contribution is 2.34. The molecule has 1 aromatic rings. The van der Waals surface area contributed by atoms with E-state index in [0.717, 1.165) is 20.4 Å². The lowest BCUT2D eigenvalue weighted by atomic mass is 10.1. The molecule has 1 amide bonds. The van der Waals surface area contributed by atoms with Crippen molar-refractivity contribution >= 4 is 68.8 Å². The largest absolute Gasteiger partial charge is 0.496 e. The van der Waals surface area contributed by atoms with E-state index in [0.29, 0.717) is 9.23 Å². The molecule has 0 bridgehead atoms. The monoisotopic (exact) mass is 463 g/mol. The van der Waals surface area contributed by atoms with Crippen LogP contribution in [0.2, 0.25) is 0 Å². The number of amides is 1. The molecule has 1 aromatic carbocycles. The molecule has 2 rings (SSSR count). The van der Waals surface area contributed by atoms with Gasteiger partial charge < -0.3 is 9.84 Å². The molecular weight excluding hydrogens is 449 g/mol. The number of aliphatic carboxylic acids is 1. The Kier molecular flexibility index (Phi) is 6.04. The van der Waals surface area contributed by atoms with E-state index >= 15 is 0 Å². The van der Waals surface area contributed by atoms with Gasteiger partial charge in [0, 0.05) is 15.7 Å². The van der Waals surface area contributed by atoms with Crippen LogP contribution in [0.25, 0.3) is 6.08 Å². The van der Waals surface area contributed by atoms with Crippen molar-refractivity contribution in [1.82, 2.24) is 4.90 Å². The lowest BCUT2D eigenvalue weighted by Crippen LogP contribution is -2.30. The number of halogens is 1. The van der Waals surface area contributed by atoms with Crippen LogP contribution in [0.1, 0.15) is 17.5 Å². The number of methoxy groups -OCH3 is 1. The van der Waals surface area contributed by atoms with Gasteiger partial charge in [0.05, 0.1) is 18.4 Å². The van der Waals surface area contributed by atoms with Crippen molar-refractivity contribution in [2.24, 2.45) is 0 Å². The number of carboxylic acids is 1. The molecule has 0 unspecified atom stereocenters. The number of thioether (sulfide) groups is 1. The first-order valence-corrected chi connectivity index (χ1v) is 8.95. The fourth-order valence-corrected chi connectivity index (χ4v) is 3.95. The van der Waals surface area contributed by atoms with E-state index in [1.54, 1.807) is 13.2 Å². The van der Waals surface area contributed by atoms with Gasteiger partial charge in [0.1, 0.15) is 10.1 Å². The van der Waals surface area contributed by atoms with Crippen LogP contribution in [-0.2, 0) is 9.59 Å². The average Bonchev–Trinajstić information content (AvgIpc) is 2.74. The van der Waals surface area contributed by atoms with Gasteiger partial charge in [-0.15, -0.1) is 0 Å². The van der Waals surface area contributed by atoms with Gasteiger partial charge in [0.15, 0.2) is 0 Å². The van der Waals surface area contributed by atoms with Gasteiger partial charge in [-0.2, -0.15) is 0 Å². The third-order valence-electron chi connectivity index (χ3n) is 3.26. The molecule has 1 heterocycles. The van der Waals surface area contributed by atoms with Crippen LogP contribution in [0.5, 0.6) is 5.75 Å². The second kappa shape index (κ2) is 7.63. The van der Waals surface area contributed by atoms with Gasteiger partial charge in [-0.25, -0.2) is 0 Å². The van der Waals surface area contributed by atoms with Crippen LogP contribution < -0.4 is 4.74 Å². The van der Waals surface area contributed by atoms with E-state index in [4.69, 9.17) is 22.1 Å². The van der Waals surface area contributed by atoms with E-state index in [-0.39, 0.29) is 18.9 Å². The number of rotatable bonds is 5. The zero-order valence-corrected chi connectivity index (χ0v) is 16.3. The lowest BCUT2D eigenvalue weighted by Gasteiger charge is -2.12. The summed E-state index contributed by atoms with van der Waals surface area (Å²) in [5.74, 6) is -0.457. The van der Waals surface area contributed by atoms with Crippen LogP contribution in [0, 0.1) is 10.5 Å². The maximum absolute atomic E-state index is 12.4. The number of carbonyl (C=O) groups excluding carboxylic acids is 1. The molecule has 1 aliphatic rings. The highest BCUT2D eigenvalue weighted by atomic mass is 127. The van der Waals surface area contributed by atoms with Crippen molar-refractivity contribution in [2.45, 2.75) is 13.3 Å². The quantitative estimate of drug-likeness (QED) is 0.411. The number of benzene rings is 1. The van der Waals surface area contributed by atoms with Gasteiger partial charge in [-0.1, -0.05) is 24.0 Å². The highest BCUT2D eigenvalue weighted by molar-refractivity contribution is 14.1. The zero-order valence-electron chi connectivity index (χ0n) is 12.5. The van der Waals surface area contributed by atoms with E-state index in [1.807, 2.05) is 19.1 Å². The number of thiocarbonyl (C=S) groups is 1. The lowest BCUT2D eigenvalue weighted by molar-refractivity contribution is -0.137. The van der Waals surface area contributed by atoms with Crippen molar-refractivity contribution in [3.05, 3.63) is 31.7 Å². The fourth-order valence-electron chi connectivity index (χ4n) is 2.02. The summed E-state index contributed by atoms with van der Waals surface area (Å²) in [4.78, 5) is 24.8. The Morgan fingerprint density at radius 1 is 1.52 bits per heavy atom. The summed E-state index contributed by atoms with van der Waals surface area (Å²) < 4.78 is 6.76. The second-order valence-electron chi connectivity index (χ2n) is 4.81. The molecule has 5 nitrogen and oxygen atoms in total. The molecule has 8 heteroatoms. The fraction of sp³-hybridized carbons (Fsp3) is 0.267. The van der Waals surface area contributed by atoms with E-state index in [2.05, 4.69) is 22.6 Å². The Bertz CT molecular complexity index is 718. The second-order valence-corrected chi connectivity index (χ2v) is 7.65. The molecule has 0 radical (unpaired) electrons. The normalized spacial score (nSPS) is 16.3. The molecule has 1 fully saturated rings. The standard InChI is InChI=1S/C15H14INO4S2/c1-8-10(16)5-9(6-11(8)21-2)7-12-14(20)17(15(22)23-12)4-3-13(18)19/h5-7H,3-4H2,1-2H3,(H,18,19). The molecule has 0 spiro atoms. The summed E-state index contributed by atoms with van der Waals surface area (Å²) in [5, 5.41) is 8.74. The van der Waals surface area contributed by atoms with E-state index < -0.39 is 5.97 Å². The van der Waals surface area contributed by atoms with E-state index in [1.165, 1.54) is 16.7 Å². The Balaban J connectivity index is 2.27. The van der Waals surface area contributed by atoms with Crippen molar-refractivity contribution < 1.29 is 19.4 Å². The highest BCUT2D eigenvalue weighted by Gasteiger charge is 2.32. The van der Waals surface area contributed by atoms with Gasteiger partial charge in [0.25, 0.3) is 5.91 Å². The summed E-state index contributed by atoms with van der Waals surface area (Å²) in [6.07, 6.45) is 1.63. The molecule has 1 saturated heterocycles. The van der Waals surface area contributed by atoms with Crippen LogP contribution in [0.3, 0.4) is 0 Å². The minimum absolute atomic E-state index is 0.0894. The third kappa shape index (κ3) is 4.24. The number of hydrogen-bond acceptors (Lipinski definition) is 5. The van der Waals surface area contributed by atoms with Crippen LogP contribution in [0.4, 0.5) is 0 Å². The third-order valence-corrected chi connectivity index (χ3v) is 5.76. The first kappa shape index (κ1) is 18.2. The molecule has 0 aliphatic carbocycles. The summed E-state index contributed by atoms with van der Waals surface area (Å²) >= 11 is 8.57. The van der Waals surface area contributed by atoms with Crippen LogP contribution >= 0.6 is 46.6 Å². The molecular formula is C15H14INO4S2. The topological polar surface area (TPSA) is 66.8 Å². The van der Waals surface area contributed by atoms with Crippen molar-refractivity contribution in [3.8, 4) is 5.75 Å².